The van der Waals surface area contributed by atoms with Crippen LogP contribution in [0.4, 0.5) is 0 Å². The van der Waals surface area contributed by atoms with Crippen molar-refractivity contribution in [3.05, 3.63) is 39.4 Å². The van der Waals surface area contributed by atoms with Gasteiger partial charge in [0, 0.05) is 16.7 Å². The van der Waals surface area contributed by atoms with E-state index >= 15 is 0 Å². The van der Waals surface area contributed by atoms with Gasteiger partial charge >= 0.3 is 0 Å². The standard InChI is InChI=1S/C14H11Br2N3OS/c1-2-20-9-3-4-11-12(6-9)19-14(18-11)21-13-10(16)5-8(15)7-17-13/h3-7H,2H2,1H3,(H,18,19). The molecule has 2 aromatic heterocycles. The summed E-state index contributed by atoms with van der Waals surface area (Å²) in [5.41, 5.74) is 1.87. The molecule has 0 aliphatic carbocycles. The molecule has 1 aromatic carbocycles. The minimum absolute atomic E-state index is 0.650. The number of aromatic amines is 1. The third-order valence-electron chi connectivity index (χ3n) is 2.71. The molecule has 3 aromatic rings. The average Bonchev–Trinajstić information content (AvgIpc) is 2.84. The molecule has 3 rings (SSSR count). The summed E-state index contributed by atoms with van der Waals surface area (Å²) < 4.78 is 7.36. The van der Waals surface area contributed by atoms with Gasteiger partial charge in [-0.2, -0.15) is 0 Å². The number of H-pyrrole nitrogens is 1. The lowest BCUT2D eigenvalue weighted by molar-refractivity contribution is 0.340. The van der Waals surface area contributed by atoms with Crippen molar-refractivity contribution in [1.29, 1.82) is 0 Å². The predicted molar refractivity (Wildman–Crippen MR) is 91.0 cm³/mol. The molecule has 0 amide bonds. The summed E-state index contributed by atoms with van der Waals surface area (Å²) in [6.07, 6.45) is 1.77. The molecule has 0 aliphatic heterocycles. The van der Waals surface area contributed by atoms with Crippen molar-refractivity contribution in [3.63, 3.8) is 0 Å². The normalized spacial score (nSPS) is 11.0. The maximum absolute atomic E-state index is 5.49. The van der Waals surface area contributed by atoms with Gasteiger partial charge in [0.25, 0.3) is 0 Å². The number of benzene rings is 1. The number of pyridine rings is 1. The fourth-order valence-electron chi connectivity index (χ4n) is 1.84. The molecule has 7 heteroatoms. The second kappa shape index (κ2) is 6.37. The van der Waals surface area contributed by atoms with E-state index in [1.54, 1.807) is 6.20 Å². The summed E-state index contributed by atoms with van der Waals surface area (Å²) in [4.78, 5) is 12.2. The minimum atomic E-state index is 0.650. The average molecular weight is 429 g/mol. The highest BCUT2D eigenvalue weighted by Crippen LogP contribution is 2.33. The molecule has 0 saturated heterocycles. The van der Waals surface area contributed by atoms with Crippen molar-refractivity contribution in [2.24, 2.45) is 0 Å². The maximum atomic E-state index is 5.49. The molecule has 108 valence electrons. The van der Waals surface area contributed by atoms with Gasteiger partial charge < -0.3 is 9.72 Å². The van der Waals surface area contributed by atoms with E-state index in [-0.39, 0.29) is 0 Å². The van der Waals surface area contributed by atoms with Gasteiger partial charge in [-0.3, -0.25) is 0 Å². The molecule has 0 spiro atoms. The van der Waals surface area contributed by atoms with E-state index in [0.717, 1.165) is 35.9 Å². The van der Waals surface area contributed by atoms with E-state index in [1.807, 2.05) is 31.2 Å². The first-order valence-electron chi connectivity index (χ1n) is 6.27. The van der Waals surface area contributed by atoms with Crippen molar-refractivity contribution < 1.29 is 4.74 Å². The van der Waals surface area contributed by atoms with Crippen LogP contribution in [0.1, 0.15) is 6.92 Å². The second-order valence-corrected chi connectivity index (χ2v) is 6.94. The summed E-state index contributed by atoms with van der Waals surface area (Å²) in [6, 6.07) is 7.80. The Morgan fingerprint density at radius 2 is 2.14 bits per heavy atom. The monoisotopic (exact) mass is 427 g/mol. The number of ether oxygens (including phenoxy) is 1. The summed E-state index contributed by atoms with van der Waals surface area (Å²) in [6.45, 7) is 2.62. The molecule has 0 atom stereocenters. The van der Waals surface area contributed by atoms with Crippen molar-refractivity contribution in [2.75, 3.05) is 6.61 Å². The first-order chi connectivity index (χ1) is 10.2. The number of fused-ring (bicyclic) bond motifs is 1. The molecule has 4 nitrogen and oxygen atoms in total. The van der Waals surface area contributed by atoms with Gasteiger partial charge in [0.15, 0.2) is 5.16 Å². The highest BCUT2D eigenvalue weighted by molar-refractivity contribution is 9.11. The van der Waals surface area contributed by atoms with Crippen LogP contribution < -0.4 is 4.74 Å². The zero-order valence-electron chi connectivity index (χ0n) is 11.1. The molecule has 0 fully saturated rings. The Kier molecular flexibility index (Phi) is 4.51. The summed E-state index contributed by atoms with van der Waals surface area (Å²) >= 11 is 8.38. The molecule has 0 radical (unpaired) electrons. The van der Waals surface area contributed by atoms with Crippen LogP contribution in [0.2, 0.25) is 0 Å². The van der Waals surface area contributed by atoms with E-state index in [0.29, 0.717) is 6.61 Å². The zero-order valence-corrected chi connectivity index (χ0v) is 15.0. The molecule has 0 unspecified atom stereocenters. The lowest BCUT2D eigenvalue weighted by Gasteiger charge is -2.01. The molecular weight excluding hydrogens is 418 g/mol. The Morgan fingerprint density at radius 1 is 1.29 bits per heavy atom. The van der Waals surface area contributed by atoms with Gasteiger partial charge in [0.1, 0.15) is 10.8 Å². The topological polar surface area (TPSA) is 50.8 Å². The third-order valence-corrected chi connectivity index (χ3v) is 4.92. The Bertz CT molecular complexity index is 791. The molecular formula is C14H11Br2N3OS. The summed E-state index contributed by atoms with van der Waals surface area (Å²) in [5.74, 6) is 0.841. The quantitative estimate of drug-likeness (QED) is 0.632. The summed E-state index contributed by atoms with van der Waals surface area (Å²) in [7, 11) is 0. The van der Waals surface area contributed by atoms with Crippen LogP contribution in [-0.4, -0.2) is 21.6 Å². The largest absolute Gasteiger partial charge is 0.494 e. The number of halogens is 2. The minimum Gasteiger partial charge on any atom is -0.494 e. The van der Waals surface area contributed by atoms with Crippen LogP contribution in [0.3, 0.4) is 0 Å². The van der Waals surface area contributed by atoms with E-state index in [9.17, 15) is 0 Å². The van der Waals surface area contributed by atoms with Gasteiger partial charge in [-0.1, -0.05) is 0 Å². The van der Waals surface area contributed by atoms with Crippen molar-refractivity contribution in [1.82, 2.24) is 15.0 Å². The molecule has 1 N–H and O–H groups in total. The van der Waals surface area contributed by atoms with Crippen molar-refractivity contribution in [3.8, 4) is 5.75 Å². The van der Waals surface area contributed by atoms with Gasteiger partial charge in [-0.15, -0.1) is 0 Å². The smallest absolute Gasteiger partial charge is 0.172 e. The summed E-state index contributed by atoms with van der Waals surface area (Å²) in [5, 5.41) is 1.66. The van der Waals surface area contributed by atoms with Gasteiger partial charge in [0.2, 0.25) is 0 Å². The van der Waals surface area contributed by atoms with Crippen molar-refractivity contribution >= 4 is 54.7 Å². The number of imidazole rings is 1. The van der Waals surface area contributed by atoms with Gasteiger partial charge in [0.05, 0.1) is 22.1 Å². The SMILES string of the molecule is CCOc1ccc2nc(Sc3ncc(Br)cc3Br)[nH]c2c1. The number of aromatic nitrogens is 3. The fraction of sp³-hybridized carbons (Fsp3) is 0.143. The molecule has 21 heavy (non-hydrogen) atoms. The lowest BCUT2D eigenvalue weighted by Crippen LogP contribution is -1.90. The third kappa shape index (κ3) is 3.41. The van der Waals surface area contributed by atoms with Crippen LogP contribution in [0, 0.1) is 0 Å². The molecule has 0 saturated carbocycles. The Balaban J connectivity index is 1.90. The van der Waals surface area contributed by atoms with Crippen LogP contribution in [0.5, 0.6) is 5.75 Å². The number of hydrogen-bond acceptors (Lipinski definition) is 4. The number of hydrogen-bond donors (Lipinski definition) is 1. The van der Waals surface area contributed by atoms with Gasteiger partial charge in [-0.25, -0.2) is 9.97 Å². The van der Waals surface area contributed by atoms with Crippen molar-refractivity contribution in [2.45, 2.75) is 17.1 Å². The fourth-order valence-corrected chi connectivity index (χ4v) is 3.82. The van der Waals surface area contributed by atoms with Crippen LogP contribution in [0.15, 0.2) is 49.6 Å². The molecule has 2 heterocycles. The number of rotatable bonds is 4. The van der Waals surface area contributed by atoms with E-state index in [4.69, 9.17) is 4.74 Å². The van der Waals surface area contributed by atoms with E-state index in [1.165, 1.54) is 11.8 Å². The molecule has 0 bridgehead atoms. The number of nitrogens with zero attached hydrogens (tertiary/aromatic N) is 2. The maximum Gasteiger partial charge on any atom is 0.172 e. The number of nitrogens with one attached hydrogen (secondary N) is 1. The Hall–Kier alpha value is -1.05. The van der Waals surface area contributed by atoms with Gasteiger partial charge in [-0.05, 0) is 68.7 Å². The zero-order chi connectivity index (χ0) is 14.8. The van der Waals surface area contributed by atoms with Crippen LogP contribution in [0.25, 0.3) is 11.0 Å². The first-order valence-corrected chi connectivity index (χ1v) is 8.67. The predicted octanol–water partition coefficient (Wildman–Crippen LogP) is 5.03. The van der Waals surface area contributed by atoms with Crippen LogP contribution in [-0.2, 0) is 0 Å². The lowest BCUT2D eigenvalue weighted by atomic mass is 10.3. The second-order valence-electron chi connectivity index (χ2n) is 4.20. The van der Waals surface area contributed by atoms with E-state index < -0.39 is 0 Å². The Morgan fingerprint density at radius 3 is 2.90 bits per heavy atom. The first kappa shape index (κ1) is 14.9. The highest BCUT2D eigenvalue weighted by atomic mass is 79.9. The molecule has 0 aliphatic rings. The van der Waals surface area contributed by atoms with Crippen LogP contribution >= 0.6 is 43.6 Å². The highest BCUT2D eigenvalue weighted by Gasteiger charge is 2.09. The Labute approximate surface area is 143 Å². The van der Waals surface area contributed by atoms with E-state index in [2.05, 4.69) is 46.8 Å².